The number of hydrogen-bond acceptors (Lipinski definition) is 3. The van der Waals surface area contributed by atoms with Crippen LogP contribution in [-0.2, 0) is 14.4 Å². The first-order valence-corrected chi connectivity index (χ1v) is 6.53. The normalized spacial score (nSPS) is 19.0. The van der Waals surface area contributed by atoms with Crippen LogP contribution in [0.3, 0.4) is 0 Å². The number of nitrogens with zero attached hydrogens (tertiary/aromatic N) is 1. The van der Waals surface area contributed by atoms with Crippen LogP contribution < -0.4 is 5.32 Å². The van der Waals surface area contributed by atoms with Gasteiger partial charge in [-0.2, -0.15) is 0 Å². The lowest BCUT2D eigenvalue weighted by molar-refractivity contribution is -0.147. The van der Waals surface area contributed by atoms with E-state index in [1.54, 1.807) is 0 Å². The Morgan fingerprint density at radius 3 is 2.86 bits per heavy atom. The Balaban J connectivity index is 2.12. The predicted octanol–water partition coefficient (Wildman–Crippen LogP) is 1.37. The lowest BCUT2D eigenvalue weighted by atomic mass is 10.1. The number of hydrogen-bond donors (Lipinski definition) is 1. The molecule has 1 aromatic carbocycles. The van der Waals surface area contributed by atoms with E-state index in [0.29, 0.717) is 5.56 Å². The zero-order chi connectivity index (χ0) is 15.6. The second kappa shape index (κ2) is 6.05. The second-order valence-corrected chi connectivity index (χ2v) is 4.97. The van der Waals surface area contributed by atoms with Crippen LogP contribution in [0.1, 0.15) is 12.5 Å². The number of nitrogens with one attached hydrogen (secondary N) is 1. The Kier molecular flexibility index (Phi) is 4.37. The molecule has 1 aliphatic heterocycles. The molecule has 1 aliphatic rings. The maximum atomic E-state index is 13.0. The van der Waals surface area contributed by atoms with E-state index in [4.69, 9.17) is 11.6 Å². The van der Waals surface area contributed by atoms with Crippen LogP contribution in [0.4, 0.5) is 4.39 Å². The third kappa shape index (κ3) is 3.46. The molecular weight excluding hydrogens is 299 g/mol. The highest BCUT2D eigenvalue weighted by Crippen LogP contribution is 2.17. The van der Waals surface area contributed by atoms with Crippen LogP contribution in [0.5, 0.6) is 0 Å². The molecule has 7 heteroatoms. The molecule has 21 heavy (non-hydrogen) atoms. The van der Waals surface area contributed by atoms with E-state index in [9.17, 15) is 18.8 Å². The highest BCUT2D eigenvalue weighted by Gasteiger charge is 2.32. The minimum absolute atomic E-state index is 0.0505. The molecule has 1 atom stereocenters. The van der Waals surface area contributed by atoms with E-state index < -0.39 is 29.6 Å². The quantitative estimate of drug-likeness (QED) is 0.662. The van der Waals surface area contributed by atoms with Crippen molar-refractivity contribution >= 4 is 35.4 Å². The van der Waals surface area contributed by atoms with Crippen LogP contribution in [0.2, 0.25) is 5.02 Å². The van der Waals surface area contributed by atoms with Gasteiger partial charge in [0.05, 0.1) is 5.02 Å². The van der Waals surface area contributed by atoms with Crippen molar-refractivity contribution in [2.45, 2.75) is 13.0 Å². The van der Waals surface area contributed by atoms with Crippen LogP contribution >= 0.6 is 11.6 Å². The first kappa shape index (κ1) is 15.2. The van der Waals surface area contributed by atoms with Gasteiger partial charge in [-0.1, -0.05) is 17.7 Å². The van der Waals surface area contributed by atoms with Crippen LogP contribution in [0.25, 0.3) is 6.08 Å². The first-order chi connectivity index (χ1) is 9.88. The fourth-order valence-corrected chi connectivity index (χ4v) is 2.05. The number of carbonyl (C=O) groups excluding carboxylic acids is 3. The highest BCUT2D eigenvalue weighted by atomic mass is 35.5. The van der Waals surface area contributed by atoms with Crippen LogP contribution in [-0.4, -0.2) is 35.2 Å². The van der Waals surface area contributed by atoms with Gasteiger partial charge in [-0.25, -0.2) is 4.39 Å². The Hall–Kier alpha value is -2.21. The van der Waals surface area contributed by atoms with Crippen molar-refractivity contribution in [1.29, 1.82) is 0 Å². The molecule has 0 aromatic heterocycles. The molecule has 1 heterocycles. The van der Waals surface area contributed by atoms with Gasteiger partial charge in [-0.05, 0) is 30.7 Å². The molecule has 3 amide bonds. The van der Waals surface area contributed by atoms with Gasteiger partial charge >= 0.3 is 0 Å². The average Bonchev–Trinajstić information content (AvgIpc) is 2.43. The van der Waals surface area contributed by atoms with Crippen molar-refractivity contribution in [3.8, 4) is 0 Å². The molecule has 2 rings (SSSR count). The first-order valence-electron chi connectivity index (χ1n) is 6.16. The van der Waals surface area contributed by atoms with Crippen LogP contribution in [0, 0.1) is 5.82 Å². The zero-order valence-corrected chi connectivity index (χ0v) is 11.9. The summed E-state index contributed by atoms with van der Waals surface area (Å²) in [6.07, 6.45) is 2.66. The monoisotopic (exact) mass is 310 g/mol. The van der Waals surface area contributed by atoms with Gasteiger partial charge in [0.2, 0.25) is 17.7 Å². The molecule has 1 aromatic rings. The van der Waals surface area contributed by atoms with Crippen LogP contribution in [0.15, 0.2) is 24.3 Å². The molecule has 1 N–H and O–H groups in total. The van der Waals surface area contributed by atoms with Crippen molar-refractivity contribution < 1.29 is 18.8 Å². The van der Waals surface area contributed by atoms with Crippen molar-refractivity contribution in [2.24, 2.45) is 0 Å². The lowest BCUT2D eigenvalue weighted by Crippen LogP contribution is -2.58. The number of carbonyl (C=O) groups is 3. The SMILES string of the molecule is CC1C(=O)NC(=O)CN1C(=O)C=Cc1ccc(F)c(Cl)c1. The summed E-state index contributed by atoms with van der Waals surface area (Å²) in [7, 11) is 0. The number of halogens is 2. The molecule has 0 aliphatic carbocycles. The van der Waals surface area contributed by atoms with Crippen molar-refractivity contribution in [1.82, 2.24) is 10.2 Å². The van der Waals surface area contributed by atoms with Crippen molar-refractivity contribution in [3.05, 3.63) is 40.7 Å². The Morgan fingerprint density at radius 1 is 1.48 bits per heavy atom. The summed E-state index contributed by atoms with van der Waals surface area (Å²) < 4.78 is 13.0. The van der Waals surface area contributed by atoms with Gasteiger partial charge in [-0.15, -0.1) is 0 Å². The van der Waals surface area contributed by atoms with Gasteiger partial charge in [0.1, 0.15) is 18.4 Å². The minimum Gasteiger partial charge on any atom is -0.318 e. The maximum Gasteiger partial charge on any atom is 0.249 e. The molecular formula is C14H12ClFN2O3. The molecule has 1 fully saturated rings. The minimum atomic E-state index is -0.725. The summed E-state index contributed by atoms with van der Waals surface area (Å²) in [5, 5.41) is 2.10. The number of piperazine rings is 1. The lowest BCUT2D eigenvalue weighted by Gasteiger charge is -2.30. The van der Waals surface area contributed by atoms with E-state index in [0.717, 1.165) is 4.90 Å². The smallest absolute Gasteiger partial charge is 0.249 e. The maximum absolute atomic E-state index is 13.0. The molecule has 1 unspecified atom stereocenters. The third-order valence-corrected chi connectivity index (χ3v) is 3.36. The highest BCUT2D eigenvalue weighted by molar-refractivity contribution is 6.30. The van der Waals surface area contributed by atoms with E-state index in [1.165, 1.54) is 37.3 Å². The van der Waals surface area contributed by atoms with E-state index in [2.05, 4.69) is 5.32 Å². The summed E-state index contributed by atoms with van der Waals surface area (Å²) in [6, 6.07) is 3.30. The third-order valence-electron chi connectivity index (χ3n) is 3.07. The Morgan fingerprint density at radius 2 is 2.19 bits per heavy atom. The molecule has 0 saturated carbocycles. The van der Waals surface area contributed by atoms with Gasteiger partial charge < -0.3 is 4.90 Å². The number of benzene rings is 1. The van der Waals surface area contributed by atoms with Crippen molar-refractivity contribution in [2.75, 3.05) is 6.54 Å². The zero-order valence-electron chi connectivity index (χ0n) is 11.1. The molecule has 0 bridgehead atoms. The number of amides is 3. The molecule has 0 radical (unpaired) electrons. The van der Waals surface area contributed by atoms with Gasteiger partial charge in [0, 0.05) is 6.08 Å². The molecule has 5 nitrogen and oxygen atoms in total. The molecule has 0 spiro atoms. The number of rotatable bonds is 2. The molecule has 1 saturated heterocycles. The Labute approximate surface area is 125 Å². The summed E-state index contributed by atoms with van der Waals surface area (Å²) in [4.78, 5) is 35.9. The van der Waals surface area contributed by atoms with E-state index in [1.807, 2.05) is 0 Å². The predicted molar refractivity (Wildman–Crippen MR) is 74.8 cm³/mol. The van der Waals surface area contributed by atoms with Crippen molar-refractivity contribution in [3.63, 3.8) is 0 Å². The topological polar surface area (TPSA) is 66.5 Å². The van der Waals surface area contributed by atoms with Gasteiger partial charge in [0.25, 0.3) is 0 Å². The van der Waals surface area contributed by atoms with Gasteiger partial charge in [0.15, 0.2) is 0 Å². The second-order valence-electron chi connectivity index (χ2n) is 4.56. The summed E-state index contributed by atoms with van der Waals surface area (Å²) in [5.74, 6) is -2.07. The summed E-state index contributed by atoms with van der Waals surface area (Å²) >= 11 is 5.64. The fraction of sp³-hybridized carbons (Fsp3) is 0.214. The number of imide groups is 1. The standard InChI is InChI=1S/C14H12ClFN2O3/c1-8-14(21)17-12(19)7-18(8)13(20)5-3-9-2-4-11(16)10(15)6-9/h2-6,8H,7H2,1H3,(H,17,19,21). The molecule has 110 valence electrons. The summed E-state index contributed by atoms with van der Waals surface area (Å²) in [6.45, 7) is 1.35. The largest absolute Gasteiger partial charge is 0.318 e. The summed E-state index contributed by atoms with van der Waals surface area (Å²) in [5.41, 5.74) is 0.537. The fourth-order valence-electron chi connectivity index (χ4n) is 1.86. The van der Waals surface area contributed by atoms with E-state index >= 15 is 0 Å². The average molecular weight is 311 g/mol. The Bertz CT molecular complexity index is 645. The van der Waals surface area contributed by atoms with E-state index in [-0.39, 0.29) is 11.6 Å². The van der Waals surface area contributed by atoms with Gasteiger partial charge in [-0.3, -0.25) is 19.7 Å².